The highest BCUT2D eigenvalue weighted by Crippen LogP contribution is 2.44. The highest BCUT2D eigenvalue weighted by molar-refractivity contribution is 7.25. The zero-order valence-corrected chi connectivity index (χ0v) is 24.0. The second-order valence-electron chi connectivity index (χ2n) is 11.0. The topological polar surface area (TPSA) is 16.4 Å². The maximum absolute atomic E-state index is 6.20. The van der Waals surface area contributed by atoms with Gasteiger partial charge in [0, 0.05) is 47.9 Å². The van der Waals surface area contributed by atoms with Crippen LogP contribution in [0, 0.1) is 0 Å². The number of hydrogen-bond acceptors (Lipinski definition) is 3. The van der Waals surface area contributed by atoms with Gasteiger partial charge in [-0.3, -0.25) is 0 Å². The summed E-state index contributed by atoms with van der Waals surface area (Å²) >= 11 is 1.85. The van der Waals surface area contributed by atoms with Crippen LogP contribution in [0.4, 0.5) is 17.1 Å². The van der Waals surface area contributed by atoms with Crippen molar-refractivity contribution in [1.82, 2.24) is 0 Å². The molecule has 7 aromatic carbocycles. The highest BCUT2D eigenvalue weighted by atomic mass is 32.1. The van der Waals surface area contributed by atoms with Crippen molar-refractivity contribution >= 4 is 81.3 Å². The molecule has 0 spiro atoms. The summed E-state index contributed by atoms with van der Waals surface area (Å²) in [6, 6.07) is 54.4. The molecule has 2 aromatic heterocycles. The van der Waals surface area contributed by atoms with E-state index in [0.717, 1.165) is 44.4 Å². The molecule has 0 saturated carbocycles. The average molecular weight is 568 g/mol. The summed E-state index contributed by atoms with van der Waals surface area (Å²) in [6.07, 6.45) is 0. The Kier molecular flexibility index (Phi) is 5.40. The summed E-state index contributed by atoms with van der Waals surface area (Å²) in [6.45, 7) is 0. The Balaban J connectivity index is 1.29. The van der Waals surface area contributed by atoms with Gasteiger partial charge in [-0.1, -0.05) is 97.1 Å². The normalized spacial score (nSPS) is 11.7. The van der Waals surface area contributed by atoms with Crippen LogP contribution in [-0.2, 0) is 0 Å². The fraction of sp³-hybridized carbons (Fsp3) is 0. The molecule has 0 radical (unpaired) electrons. The van der Waals surface area contributed by atoms with Gasteiger partial charge < -0.3 is 9.32 Å². The number of furan rings is 1. The Morgan fingerprint density at radius 2 is 1.16 bits per heavy atom. The maximum Gasteiger partial charge on any atom is 0.136 e. The van der Waals surface area contributed by atoms with Gasteiger partial charge in [-0.05, 0) is 70.9 Å². The van der Waals surface area contributed by atoms with Crippen LogP contribution in [0.2, 0.25) is 0 Å². The van der Waals surface area contributed by atoms with Gasteiger partial charge in [-0.25, -0.2) is 0 Å². The SMILES string of the molecule is c1ccc(-c2ccccc2N(c2ccc3cc4oc5ccccc5c4cc3c2)c2ccc3c(c2)sc2ccccc23)cc1. The first-order valence-electron chi connectivity index (χ1n) is 14.5. The van der Waals surface area contributed by atoms with Gasteiger partial charge >= 0.3 is 0 Å². The second-order valence-corrected chi connectivity index (χ2v) is 12.1. The number of fused-ring (bicyclic) bond motifs is 7. The Morgan fingerprint density at radius 3 is 2.09 bits per heavy atom. The molecule has 3 heteroatoms. The lowest BCUT2D eigenvalue weighted by Crippen LogP contribution is -2.11. The number of benzene rings is 7. The van der Waals surface area contributed by atoms with Gasteiger partial charge in [0.2, 0.25) is 0 Å². The molecule has 2 nitrogen and oxygen atoms in total. The summed E-state index contributed by atoms with van der Waals surface area (Å²) in [5, 5.41) is 7.24. The summed E-state index contributed by atoms with van der Waals surface area (Å²) in [5.41, 5.74) is 7.61. The third-order valence-electron chi connectivity index (χ3n) is 8.43. The third-order valence-corrected chi connectivity index (χ3v) is 9.56. The monoisotopic (exact) mass is 567 g/mol. The number of anilines is 3. The van der Waals surface area contributed by atoms with Crippen molar-refractivity contribution in [3.8, 4) is 11.1 Å². The van der Waals surface area contributed by atoms with E-state index in [1.54, 1.807) is 0 Å². The Morgan fingerprint density at radius 1 is 0.442 bits per heavy atom. The molecule has 9 aromatic rings. The lowest BCUT2D eigenvalue weighted by atomic mass is 10.0. The van der Waals surface area contributed by atoms with Crippen LogP contribution in [0.25, 0.3) is 64.0 Å². The van der Waals surface area contributed by atoms with E-state index in [4.69, 9.17) is 4.42 Å². The first kappa shape index (κ1) is 24.2. The zero-order valence-electron chi connectivity index (χ0n) is 23.2. The molecule has 0 aliphatic heterocycles. The van der Waals surface area contributed by atoms with E-state index in [2.05, 4.69) is 144 Å². The Hall–Kier alpha value is -5.38. The van der Waals surface area contributed by atoms with Gasteiger partial charge in [0.1, 0.15) is 11.2 Å². The number of thiophene rings is 1. The largest absolute Gasteiger partial charge is 0.456 e. The van der Waals surface area contributed by atoms with Gasteiger partial charge in [0.05, 0.1) is 5.69 Å². The van der Waals surface area contributed by atoms with E-state index < -0.39 is 0 Å². The highest BCUT2D eigenvalue weighted by Gasteiger charge is 2.19. The lowest BCUT2D eigenvalue weighted by molar-refractivity contribution is 0.669. The van der Waals surface area contributed by atoms with Crippen molar-refractivity contribution in [2.75, 3.05) is 4.90 Å². The predicted octanol–water partition coefficient (Wildman–Crippen LogP) is 12.2. The molecule has 0 unspecified atom stereocenters. The van der Waals surface area contributed by atoms with Gasteiger partial charge in [0.15, 0.2) is 0 Å². The Labute approximate surface area is 252 Å². The molecule has 0 atom stereocenters. The van der Waals surface area contributed by atoms with Crippen molar-refractivity contribution in [3.05, 3.63) is 152 Å². The van der Waals surface area contributed by atoms with Crippen molar-refractivity contribution in [2.45, 2.75) is 0 Å². The van der Waals surface area contributed by atoms with E-state index >= 15 is 0 Å². The Bertz CT molecular complexity index is 2470. The fourth-order valence-corrected chi connectivity index (χ4v) is 7.55. The van der Waals surface area contributed by atoms with E-state index in [0.29, 0.717) is 0 Å². The molecule has 43 heavy (non-hydrogen) atoms. The molecule has 0 amide bonds. The summed E-state index contributed by atoms with van der Waals surface area (Å²) in [7, 11) is 0. The van der Waals surface area contributed by atoms with Crippen molar-refractivity contribution in [3.63, 3.8) is 0 Å². The lowest BCUT2D eigenvalue weighted by Gasteiger charge is -2.28. The van der Waals surface area contributed by atoms with Crippen LogP contribution < -0.4 is 4.90 Å². The standard InChI is InChI=1S/C40H25NOS/c1-2-10-26(11-3-1)31-12-4-7-15-36(31)41(30-20-21-34-33-14-6-9-17-39(33)43-40(34)25-30)29-19-18-27-24-38-35(23-28(27)22-29)32-13-5-8-16-37(32)42-38/h1-25H. The minimum Gasteiger partial charge on any atom is -0.456 e. The van der Waals surface area contributed by atoms with Crippen LogP contribution >= 0.6 is 11.3 Å². The predicted molar refractivity (Wildman–Crippen MR) is 184 cm³/mol. The number of rotatable bonds is 4. The summed E-state index contributed by atoms with van der Waals surface area (Å²) in [5.74, 6) is 0. The molecule has 0 N–H and O–H groups in total. The quantitative estimate of drug-likeness (QED) is 0.210. The molecule has 0 aliphatic rings. The molecular formula is C40H25NOS. The van der Waals surface area contributed by atoms with Crippen LogP contribution in [0.1, 0.15) is 0 Å². The molecule has 0 fully saturated rings. The van der Waals surface area contributed by atoms with Crippen molar-refractivity contribution in [1.29, 1.82) is 0 Å². The molecule has 0 bridgehead atoms. The van der Waals surface area contributed by atoms with Gasteiger partial charge in [-0.2, -0.15) is 0 Å². The van der Waals surface area contributed by atoms with E-state index in [9.17, 15) is 0 Å². The minimum absolute atomic E-state index is 0.919. The summed E-state index contributed by atoms with van der Waals surface area (Å²) < 4.78 is 8.80. The number of para-hydroxylation sites is 2. The van der Waals surface area contributed by atoms with Crippen LogP contribution in [0.3, 0.4) is 0 Å². The van der Waals surface area contributed by atoms with Crippen molar-refractivity contribution < 1.29 is 4.42 Å². The number of hydrogen-bond donors (Lipinski definition) is 0. The second kappa shape index (κ2) is 9.59. The van der Waals surface area contributed by atoms with Crippen LogP contribution in [0.5, 0.6) is 0 Å². The van der Waals surface area contributed by atoms with Gasteiger partial charge in [0.25, 0.3) is 0 Å². The zero-order chi connectivity index (χ0) is 28.3. The third kappa shape index (κ3) is 3.93. The van der Waals surface area contributed by atoms with Crippen LogP contribution in [0.15, 0.2) is 156 Å². The smallest absolute Gasteiger partial charge is 0.136 e. The molecular weight excluding hydrogens is 543 g/mol. The minimum atomic E-state index is 0.919. The molecule has 2 heterocycles. The first-order valence-corrected chi connectivity index (χ1v) is 15.3. The molecule has 0 saturated heterocycles. The number of nitrogens with zero attached hydrogens (tertiary/aromatic N) is 1. The van der Waals surface area contributed by atoms with Gasteiger partial charge in [-0.15, -0.1) is 11.3 Å². The molecule has 9 rings (SSSR count). The summed E-state index contributed by atoms with van der Waals surface area (Å²) in [4.78, 5) is 2.41. The maximum atomic E-state index is 6.20. The van der Waals surface area contributed by atoms with E-state index in [-0.39, 0.29) is 0 Å². The fourth-order valence-electron chi connectivity index (χ4n) is 6.41. The van der Waals surface area contributed by atoms with E-state index in [1.165, 1.54) is 36.7 Å². The first-order chi connectivity index (χ1) is 21.3. The molecule has 202 valence electrons. The van der Waals surface area contributed by atoms with E-state index in [1.807, 2.05) is 23.5 Å². The average Bonchev–Trinajstić information content (AvgIpc) is 3.62. The molecule has 0 aliphatic carbocycles. The van der Waals surface area contributed by atoms with Crippen LogP contribution in [-0.4, -0.2) is 0 Å². The van der Waals surface area contributed by atoms with Crippen molar-refractivity contribution in [2.24, 2.45) is 0 Å².